The van der Waals surface area contributed by atoms with E-state index in [0.717, 1.165) is 6.92 Å². The van der Waals surface area contributed by atoms with Gasteiger partial charge in [0.15, 0.2) is 0 Å². The molecule has 0 aromatic carbocycles. The Balaban J connectivity index is 0. The minimum atomic E-state index is -4.57. The van der Waals surface area contributed by atoms with Crippen LogP contribution >= 0.6 is 0 Å². The molecular weight excluding hydrogens is 256 g/mol. The van der Waals surface area contributed by atoms with Crippen LogP contribution in [0.3, 0.4) is 0 Å². The number of hydrogen-bond acceptors (Lipinski definition) is 7. The van der Waals surface area contributed by atoms with Gasteiger partial charge in [-0.05, 0) is 6.42 Å². The highest BCUT2D eigenvalue weighted by molar-refractivity contribution is 7.81. The van der Waals surface area contributed by atoms with Crippen molar-refractivity contribution in [3.63, 3.8) is 0 Å². The summed E-state index contributed by atoms with van der Waals surface area (Å²) in [5.74, 6) is -1.06. The molecule has 8 nitrogen and oxygen atoms in total. The molecule has 2 unspecified atom stereocenters. The van der Waals surface area contributed by atoms with Gasteiger partial charge in [0, 0.05) is 6.92 Å². The summed E-state index contributed by atoms with van der Waals surface area (Å²) < 4.78 is 30.2. The lowest BCUT2D eigenvalue weighted by Gasteiger charge is -2.12. The average Bonchev–Trinajstić information content (AvgIpc) is 2.14. The van der Waals surface area contributed by atoms with Gasteiger partial charge in [0.2, 0.25) is 0 Å². The molecule has 0 heterocycles. The van der Waals surface area contributed by atoms with E-state index in [1.807, 2.05) is 0 Å². The van der Waals surface area contributed by atoms with Crippen molar-refractivity contribution in [3.8, 4) is 0 Å². The van der Waals surface area contributed by atoms with Gasteiger partial charge in [-0.25, -0.2) is 0 Å². The molecule has 102 valence electrons. The molecule has 0 saturated heterocycles. The Labute approximate surface area is 99.1 Å². The Kier molecular flexibility index (Phi) is 9.80. The van der Waals surface area contributed by atoms with Gasteiger partial charge in [-0.3, -0.25) is 9.35 Å². The molecule has 0 amide bonds. The van der Waals surface area contributed by atoms with Crippen LogP contribution in [0.25, 0.3) is 0 Å². The van der Waals surface area contributed by atoms with Gasteiger partial charge in [-0.15, -0.1) is 6.58 Å². The third-order valence-electron chi connectivity index (χ3n) is 1.26. The number of carbonyl (C=O) groups excluding carboxylic acids is 1. The predicted molar refractivity (Wildman–Crippen MR) is 57.2 cm³/mol. The van der Waals surface area contributed by atoms with Crippen LogP contribution in [0.5, 0.6) is 0 Å². The van der Waals surface area contributed by atoms with Crippen LogP contribution in [0.15, 0.2) is 12.7 Å². The van der Waals surface area contributed by atoms with Crippen molar-refractivity contribution in [2.24, 2.45) is 0 Å². The van der Waals surface area contributed by atoms with E-state index in [2.05, 4.69) is 10.8 Å². The molecule has 2 atom stereocenters. The third kappa shape index (κ3) is 15.0. The molecule has 0 spiro atoms. The van der Waals surface area contributed by atoms with Crippen molar-refractivity contribution >= 4 is 16.4 Å². The molecule has 9 heteroatoms. The first-order valence-electron chi connectivity index (χ1n) is 4.39. The number of aliphatic hydroxyl groups excluding tert-OH is 3. The molecule has 0 aromatic rings. The largest absolute Gasteiger partial charge is 0.448 e. The zero-order valence-electron chi connectivity index (χ0n) is 9.18. The molecule has 0 radical (unpaired) electrons. The zero-order chi connectivity index (χ0) is 14.1. The van der Waals surface area contributed by atoms with E-state index in [0.29, 0.717) is 6.42 Å². The van der Waals surface area contributed by atoms with Crippen LogP contribution in [-0.2, 0) is 19.4 Å². The minimum Gasteiger partial charge on any atom is -0.394 e. The van der Waals surface area contributed by atoms with Gasteiger partial charge in [0.25, 0.3) is 0 Å². The quantitative estimate of drug-likeness (QED) is 0.355. The summed E-state index contributed by atoms with van der Waals surface area (Å²) in [6, 6.07) is 0. The maximum absolute atomic E-state index is 9.70. The first-order valence-corrected chi connectivity index (χ1v) is 5.75. The fourth-order valence-corrected chi connectivity index (χ4v) is 0.894. The SMILES string of the molecule is C=CCC(O)C(O)CO.CC(=O)OS(=O)(=O)O. The van der Waals surface area contributed by atoms with E-state index in [4.69, 9.17) is 19.9 Å². The first-order chi connectivity index (χ1) is 7.64. The molecule has 0 bridgehead atoms. The van der Waals surface area contributed by atoms with E-state index in [9.17, 15) is 13.2 Å². The molecule has 0 saturated carbocycles. The highest BCUT2D eigenvalue weighted by Gasteiger charge is 2.11. The summed E-state index contributed by atoms with van der Waals surface area (Å²) in [6.07, 6.45) is -0.124. The number of aliphatic hydroxyl groups is 3. The Bertz CT molecular complexity index is 322. The molecule has 0 fully saturated rings. The second-order valence-electron chi connectivity index (χ2n) is 2.84. The lowest BCUT2D eigenvalue weighted by Crippen LogP contribution is -2.28. The van der Waals surface area contributed by atoms with Gasteiger partial charge < -0.3 is 19.5 Å². The van der Waals surface area contributed by atoms with Crippen molar-refractivity contribution in [3.05, 3.63) is 12.7 Å². The van der Waals surface area contributed by atoms with Crippen molar-refractivity contribution < 1.29 is 37.3 Å². The summed E-state index contributed by atoms with van der Waals surface area (Å²) in [7, 11) is -4.57. The number of carbonyl (C=O) groups is 1. The van der Waals surface area contributed by atoms with E-state index in [1.54, 1.807) is 0 Å². The normalized spacial score (nSPS) is 13.9. The minimum absolute atomic E-state index is 0.307. The maximum atomic E-state index is 9.70. The maximum Gasteiger partial charge on any atom is 0.448 e. The van der Waals surface area contributed by atoms with Gasteiger partial charge >= 0.3 is 16.4 Å². The summed E-state index contributed by atoms with van der Waals surface area (Å²) >= 11 is 0. The van der Waals surface area contributed by atoms with Crippen LogP contribution < -0.4 is 0 Å². The summed E-state index contributed by atoms with van der Waals surface area (Å²) in [6.45, 7) is 3.83. The van der Waals surface area contributed by atoms with E-state index in [-0.39, 0.29) is 0 Å². The summed E-state index contributed by atoms with van der Waals surface area (Å²) in [5.41, 5.74) is 0. The third-order valence-corrected chi connectivity index (χ3v) is 1.71. The molecule has 4 N–H and O–H groups in total. The fourth-order valence-electron chi connectivity index (χ4n) is 0.598. The number of hydrogen-bond donors (Lipinski definition) is 4. The molecule has 0 aliphatic heterocycles. The van der Waals surface area contributed by atoms with E-state index < -0.39 is 35.2 Å². The fraction of sp³-hybridized carbons (Fsp3) is 0.625. The summed E-state index contributed by atoms with van der Waals surface area (Å²) in [4.78, 5) is 9.70. The molecule has 0 aliphatic carbocycles. The lowest BCUT2D eigenvalue weighted by atomic mass is 10.1. The van der Waals surface area contributed by atoms with Crippen LogP contribution in [0.2, 0.25) is 0 Å². The van der Waals surface area contributed by atoms with Gasteiger partial charge in [0.05, 0.1) is 12.7 Å². The molecule has 17 heavy (non-hydrogen) atoms. The van der Waals surface area contributed by atoms with Gasteiger partial charge in [-0.2, -0.15) is 8.42 Å². The highest BCUT2D eigenvalue weighted by Crippen LogP contribution is 1.97. The molecular formula is C8H16O8S. The standard InChI is InChI=1S/C6H12O3.C2H4O5S/c1-2-3-5(8)6(9)4-7;1-2(3)7-8(4,5)6/h2,5-9H,1,3-4H2;1H3,(H,4,5,6). The Morgan fingerprint density at radius 2 is 1.88 bits per heavy atom. The Morgan fingerprint density at radius 1 is 1.41 bits per heavy atom. The second-order valence-corrected chi connectivity index (χ2v) is 3.87. The van der Waals surface area contributed by atoms with Crippen molar-refractivity contribution in [2.45, 2.75) is 25.6 Å². The van der Waals surface area contributed by atoms with E-state index in [1.165, 1.54) is 6.08 Å². The predicted octanol–water partition coefficient (Wildman–Crippen LogP) is -1.37. The van der Waals surface area contributed by atoms with Gasteiger partial charge in [-0.1, -0.05) is 6.08 Å². The topological polar surface area (TPSA) is 141 Å². The second kappa shape index (κ2) is 9.07. The van der Waals surface area contributed by atoms with Crippen molar-refractivity contribution in [1.82, 2.24) is 0 Å². The van der Waals surface area contributed by atoms with Crippen molar-refractivity contribution in [1.29, 1.82) is 0 Å². The average molecular weight is 272 g/mol. The number of rotatable bonds is 5. The van der Waals surface area contributed by atoms with Crippen molar-refractivity contribution in [2.75, 3.05) is 6.61 Å². The Hall–Kier alpha value is -1.00. The van der Waals surface area contributed by atoms with Crippen LogP contribution in [0.1, 0.15) is 13.3 Å². The molecule has 0 aromatic heterocycles. The molecule has 0 aliphatic rings. The first kappa shape index (κ1) is 18.4. The summed E-state index contributed by atoms with van der Waals surface area (Å²) in [5, 5.41) is 25.8. The molecule has 0 rings (SSSR count). The monoisotopic (exact) mass is 272 g/mol. The Morgan fingerprint density at radius 3 is 2.06 bits per heavy atom. The van der Waals surface area contributed by atoms with Crippen LogP contribution in [-0.4, -0.2) is 53.1 Å². The van der Waals surface area contributed by atoms with E-state index >= 15 is 0 Å². The highest BCUT2D eigenvalue weighted by atomic mass is 32.3. The van der Waals surface area contributed by atoms with Crippen LogP contribution in [0, 0.1) is 0 Å². The lowest BCUT2D eigenvalue weighted by molar-refractivity contribution is -0.131. The van der Waals surface area contributed by atoms with Gasteiger partial charge in [0.1, 0.15) is 6.10 Å². The smallest absolute Gasteiger partial charge is 0.394 e. The zero-order valence-corrected chi connectivity index (χ0v) is 10.00. The van der Waals surface area contributed by atoms with Crippen LogP contribution in [0.4, 0.5) is 0 Å².